The van der Waals surface area contributed by atoms with Crippen LogP contribution in [0.1, 0.15) is 66.2 Å². The molecule has 2 aliphatic carbocycles. The zero-order valence-electron chi connectivity index (χ0n) is 17.4. The second-order valence-electron chi connectivity index (χ2n) is 7.19. The van der Waals surface area contributed by atoms with Gasteiger partial charge in [-0.1, -0.05) is 107 Å². The average molecular weight is 403 g/mol. The van der Waals surface area contributed by atoms with E-state index in [4.69, 9.17) is 5.73 Å². The van der Waals surface area contributed by atoms with Gasteiger partial charge >= 0.3 is 21.7 Å². The molecule has 0 bridgehead atoms. The molecule has 0 saturated heterocycles. The number of allylic oxidation sites excluding steroid dienone is 4. The molecule has 0 aliphatic heterocycles. The molecule has 1 aromatic carbocycles. The average Bonchev–Trinajstić information content (AvgIpc) is 2.82. The largest absolute Gasteiger partial charge is 2.00 e. The van der Waals surface area contributed by atoms with E-state index in [0.29, 0.717) is 15.4 Å². The second kappa shape index (κ2) is 14.6. The SMILES string of the molecule is CC1=[C-]C(C)C(C)=C1C.C[SiH]c1ccccc1.[NH-]C1CCCCCC1.[Ti+2]. The zero-order valence-corrected chi connectivity index (χ0v) is 20.1. The topological polar surface area (TPSA) is 23.8 Å². The van der Waals surface area contributed by atoms with Crippen LogP contribution in [-0.4, -0.2) is 15.6 Å². The van der Waals surface area contributed by atoms with E-state index in [1.54, 1.807) is 0 Å². The van der Waals surface area contributed by atoms with E-state index in [0.717, 1.165) is 12.8 Å². The number of hydrogen-bond acceptors (Lipinski definition) is 0. The molecule has 3 heteroatoms. The molecule has 0 amide bonds. The van der Waals surface area contributed by atoms with Gasteiger partial charge in [-0.05, 0) is 0 Å². The molecule has 0 spiro atoms. The van der Waals surface area contributed by atoms with Crippen LogP contribution in [0.2, 0.25) is 6.55 Å². The molecule has 0 heterocycles. The third-order valence-corrected chi connectivity index (χ3v) is 6.28. The van der Waals surface area contributed by atoms with Gasteiger partial charge in [0.15, 0.2) is 0 Å². The smallest absolute Gasteiger partial charge is 0.675 e. The fraction of sp³-hybridized carbons (Fsp3) is 0.565. The summed E-state index contributed by atoms with van der Waals surface area (Å²) in [5.41, 5.74) is 11.7. The summed E-state index contributed by atoms with van der Waals surface area (Å²) in [6.45, 7) is 10.9. The van der Waals surface area contributed by atoms with Gasteiger partial charge in [0.05, 0.1) is 9.52 Å². The summed E-state index contributed by atoms with van der Waals surface area (Å²) in [5, 5.41) is 1.49. The first kappa shape index (κ1) is 25.6. The monoisotopic (exact) mass is 402 g/mol. The summed E-state index contributed by atoms with van der Waals surface area (Å²) >= 11 is 0. The van der Waals surface area contributed by atoms with Gasteiger partial charge in [-0.25, -0.2) is 5.57 Å². The van der Waals surface area contributed by atoms with E-state index in [1.165, 1.54) is 47.6 Å². The minimum atomic E-state index is 0. The maximum atomic E-state index is 7.41. The number of hydrogen-bond donors (Lipinski definition) is 0. The third kappa shape index (κ3) is 10.1. The molecule has 3 rings (SSSR count). The van der Waals surface area contributed by atoms with Crippen LogP contribution in [0.25, 0.3) is 5.73 Å². The van der Waals surface area contributed by atoms with E-state index in [1.807, 2.05) is 0 Å². The minimum Gasteiger partial charge on any atom is -0.675 e. The molecule has 0 aromatic heterocycles. The Morgan fingerprint density at radius 1 is 0.962 bits per heavy atom. The molecule has 1 saturated carbocycles. The van der Waals surface area contributed by atoms with E-state index in [9.17, 15) is 0 Å². The van der Waals surface area contributed by atoms with Gasteiger partial charge in [0, 0.05) is 0 Å². The fourth-order valence-electron chi connectivity index (χ4n) is 3.09. The third-order valence-electron chi connectivity index (χ3n) is 5.22. The molecular weight excluding hydrogens is 366 g/mol. The maximum Gasteiger partial charge on any atom is 2.00 e. The molecule has 141 valence electrons. The van der Waals surface area contributed by atoms with Crippen LogP contribution >= 0.6 is 0 Å². The van der Waals surface area contributed by atoms with Gasteiger partial charge in [-0.3, -0.25) is 6.08 Å². The Kier molecular flexibility index (Phi) is 14.4. The number of nitrogens with one attached hydrogen (secondary N) is 1. The minimum absolute atomic E-state index is 0. The standard InChI is InChI=1S/C9H13.C7H14N.C7H9Si.Ti/c1-6-5-7(2)9(4)8(6)3;8-7-5-3-1-2-4-6-7;1-8-7-5-3-2-4-6-7;/h6H,1-4H3;7-8H,1-6H2;2-6,8H,1H3;/q2*-1;;+2. The van der Waals surface area contributed by atoms with Crippen LogP contribution in [0, 0.1) is 12.0 Å². The summed E-state index contributed by atoms with van der Waals surface area (Å²) in [7, 11) is 0.511. The van der Waals surface area contributed by atoms with E-state index in [2.05, 4.69) is 70.6 Å². The molecule has 1 aromatic rings. The van der Waals surface area contributed by atoms with Crippen LogP contribution in [0.4, 0.5) is 0 Å². The van der Waals surface area contributed by atoms with E-state index >= 15 is 0 Å². The molecular formula is C23H36NSiTi. The van der Waals surface area contributed by atoms with Crippen molar-refractivity contribution < 1.29 is 21.7 Å². The van der Waals surface area contributed by atoms with Crippen molar-refractivity contribution in [3.05, 3.63) is 58.9 Å². The predicted octanol–water partition coefficient (Wildman–Crippen LogP) is 6.28. The first-order chi connectivity index (χ1) is 12.0. The van der Waals surface area contributed by atoms with Gasteiger partial charge < -0.3 is 5.73 Å². The quantitative estimate of drug-likeness (QED) is 0.300. The molecule has 1 unspecified atom stereocenters. The summed E-state index contributed by atoms with van der Waals surface area (Å²) in [4.78, 5) is 0. The molecule has 1 atom stereocenters. The van der Waals surface area contributed by atoms with E-state index < -0.39 is 0 Å². The first-order valence-electron chi connectivity index (χ1n) is 9.79. The van der Waals surface area contributed by atoms with Crippen LogP contribution in [0.15, 0.2) is 47.1 Å². The number of benzene rings is 1. The summed E-state index contributed by atoms with van der Waals surface area (Å²) in [5.74, 6) is 0.560. The molecule has 1 fully saturated rings. The molecule has 26 heavy (non-hydrogen) atoms. The van der Waals surface area contributed by atoms with Gasteiger partial charge in [-0.15, -0.1) is 13.0 Å². The maximum absolute atomic E-state index is 7.41. The molecule has 1 radical (unpaired) electrons. The summed E-state index contributed by atoms with van der Waals surface area (Å²) < 4.78 is 0. The molecule has 1 N–H and O–H groups in total. The Balaban J connectivity index is 0.000000355. The fourth-order valence-corrected chi connectivity index (χ4v) is 3.69. The molecule has 1 nitrogen and oxygen atoms in total. The summed E-state index contributed by atoms with van der Waals surface area (Å²) in [6, 6.07) is 10.9. The van der Waals surface area contributed by atoms with Crippen molar-refractivity contribution in [2.24, 2.45) is 5.92 Å². The van der Waals surface area contributed by atoms with Crippen molar-refractivity contribution in [2.75, 3.05) is 0 Å². The predicted molar refractivity (Wildman–Crippen MR) is 115 cm³/mol. The van der Waals surface area contributed by atoms with Crippen molar-refractivity contribution in [1.29, 1.82) is 0 Å². The van der Waals surface area contributed by atoms with Crippen LogP contribution in [0.3, 0.4) is 0 Å². The van der Waals surface area contributed by atoms with Crippen molar-refractivity contribution in [2.45, 2.75) is 78.8 Å². The van der Waals surface area contributed by atoms with Crippen molar-refractivity contribution in [3.8, 4) is 0 Å². The van der Waals surface area contributed by atoms with Gasteiger partial charge in [0.25, 0.3) is 0 Å². The summed E-state index contributed by atoms with van der Waals surface area (Å²) in [6.07, 6.45) is 11.0. The van der Waals surface area contributed by atoms with Gasteiger partial charge in [0.1, 0.15) is 0 Å². The van der Waals surface area contributed by atoms with Gasteiger partial charge in [0.2, 0.25) is 0 Å². The van der Waals surface area contributed by atoms with Crippen molar-refractivity contribution in [1.82, 2.24) is 0 Å². The Hall–Kier alpha value is -0.409. The number of rotatable bonds is 1. The second-order valence-corrected chi connectivity index (χ2v) is 8.43. The van der Waals surface area contributed by atoms with Crippen LogP contribution < -0.4 is 5.19 Å². The first-order valence-corrected chi connectivity index (χ1v) is 11.5. The zero-order chi connectivity index (χ0) is 18.7. The van der Waals surface area contributed by atoms with Gasteiger partial charge in [-0.2, -0.15) is 11.1 Å². The Bertz CT molecular complexity index is 543. The van der Waals surface area contributed by atoms with Crippen molar-refractivity contribution >= 4 is 14.7 Å². The normalized spacial score (nSPS) is 19.9. The Morgan fingerprint density at radius 2 is 1.50 bits per heavy atom. The van der Waals surface area contributed by atoms with E-state index in [-0.39, 0.29) is 27.8 Å². The van der Waals surface area contributed by atoms with Crippen LogP contribution in [0.5, 0.6) is 0 Å². The Morgan fingerprint density at radius 3 is 1.81 bits per heavy atom. The van der Waals surface area contributed by atoms with Crippen LogP contribution in [-0.2, 0) is 21.7 Å². The van der Waals surface area contributed by atoms with Crippen molar-refractivity contribution in [3.63, 3.8) is 0 Å². The molecule has 2 aliphatic rings. The Labute approximate surface area is 179 Å².